The summed E-state index contributed by atoms with van der Waals surface area (Å²) in [5.74, 6) is -1.53. The molecule has 0 aromatic heterocycles. The fourth-order valence-electron chi connectivity index (χ4n) is 1.91. The number of hydrogen-bond acceptors (Lipinski definition) is 2. The summed E-state index contributed by atoms with van der Waals surface area (Å²) in [6, 6.07) is 3.61. The van der Waals surface area contributed by atoms with E-state index in [-0.39, 0.29) is 17.4 Å². The number of ether oxygens (including phenoxy) is 1. The first-order valence-corrected chi connectivity index (χ1v) is 5.36. The van der Waals surface area contributed by atoms with Gasteiger partial charge in [0, 0.05) is 0 Å². The van der Waals surface area contributed by atoms with Gasteiger partial charge in [-0.05, 0) is 43.9 Å². The van der Waals surface area contributed by atoms with Crippen LogP contribution in [0.15, 0.2) is 18.2 Å². The maximum atomic E-state index is 13.4. The molecule has 2 rings (SSSR count). The Kier molecular flexibility index (Phi) is 3.08. The predicted octanol–water partition coefficient (Wildman–Crippen LogP) is 2.85. The van der Waals surface area contributed by atoms with Gasteiger partial charge in [-0.15, -0.1) is 0 Å². The van der Waals surface area contributed by atoms with Crippen LogP contribution in [0.25, 0.3) is 0 Å². The van der Waals surface area contributed by atoms with Crippen molar-refractivity contribution in [3.8, 4) is 5.75 Å². The van der Waals surface area contributed by atoms with Gasteiger partial charge in [-0.25, -0.2) is 9.18 Å². The fourth-order valence-corrected chi connectivity index (χ4v) is 1.91. The van der Waals surface area contributed by atoms with Crippen LogP contribution in [0.2, 0.25) is 0 Å². The third kappa shape index (κ3) is 2.32. The number of benzene rings is 1. The highest BCUT2D eigenvalue weighted by Gasteiger charge is 2.19. The van der Waals surface area contributed by atoms with Gasteiger partial charge in [-0.3, -0.25) is 0 Å². The molecule has 4 heteroatoms. The summed E-state index contributed by atoms with van der Waals surface area (Å²) < 4.78 is 18.8. The standard InChI is InChI=1S/C12H13FO3/c13-10-6-5-8(12(14)15)7-11(10)16-9-3-1-2-4-9/h5-7,9H,1-4H2,(H,14,15). The lowest BCUT2D eigenvalue weighted by Crippen LogP contribution is -2.12. The Morgan fingerprint density at radius 1 is 1.38 bits per heavy atom. The molecule has 3 nitrogen and oxygen atoms in total. The molecule has 1 aromatic rings. The third-order valence-corrected chi connectivity index (χ3v) is 2.77. The third-order valence-electron chi connectivity index (χ3n) is 2.77. The van der Waals surface area contributed by atoms with Crippen LogP contribution in [-0.2, 0) is 0 Å². The van der Waals surface area contributed by atoms with E-state index in [0.717, 1.165) is 31.7 Å². The van der Waals surface area contributed by atoms with Gasteiger partial charge in [-0.2, -0.15) is 0 Å². The smallest absolute Gasteiger partial charge is 0.335 e. The Hall–Kier alpha value is -1.58. The van der Waals surface area contributed by atoms with Crippen molar-refractivity contribution in [2.45, 2.75) is 31.8 Å². The van der Waals surface area contributed by atoms with Gasteiger partial charge in [0.25, 0.3) is 0 Å². The normalized spacial score (nSPS) is 16.3. The Morgan fingerprint density at radius 3 is 2.69 bits per heavy atom. The van der Waals surface area contributed by atoms with Crippen LogP contribution in [0.1, 0.15) is 36.0 Å². The average molecular weight is 224 g/mol. The van der Waals surface area contributed by atoms with Crippen LogP contribution < -0.4 is 4.74 Å². The van der Waals surface area contributed by atoms with Gasteiger partial charge in [0.15, 0.2) is 11.6 Å². The molecular weight excluding hydrogens is 211 g/mol. The summed E-state index contributed by atoms with van der Waals surface area (Å²) in [4.78, 5) is 10.7. The molecule has 0 unspecified atom stereocenters. The van der Waals surface area contributed by atoms with Crippen molar-refractivity contribution in [3.05, 3.63) is 29.6 Å². The van der Waals surface area contributed by atoms with Gasteiger partial charge in [-0.1, -0.05) is 0 Å². The van der Waals surface area contributed by atoms with Crippen LogP contribution in [0.4, 0.5) is 4.39 Å². The molecule has 0 saturated heterocycles. The molecule has 86 valence electrons. The SMILES string of the molecule is O=C(O)c1ccc(F)c(OC2CCCC2)c1. The van der Waals surface area contributed by atoms with E-state index in [9.17, 15) is 9.18 Å². The van der Waals surface area contributed by atoms with E-state index in [2.05, 4.69) is 0 Å². The largest absolute Gasteiger partial charge is 0.487 e. The minimum atomic E-state index is -1.07. The lowest BCUT2D eigenvalue weighted by atomic mass is 10.2. The van der Waals surface area contributed by atoms with E-state index in [4.69, 9.17) is 9.84 Å². The maximum absolute atomic E-state index is 13.4. The summed E-state index contributed by atoms with van der Waals surface area (Å²) in [5, 5.41) is 8.78. The van der Waals surface area contributed by atoms with Crippen molar-refractivity contribution in [3.63, 3.8) is 0 Å². The number of carboxylic acids is 1. The van der Waals surface area contributed by atoms with Gasteiger partial charge < -0.3 is 9.84 Å². The Labute approximate surface area is 92.9 Å². The molecule has 1 aromatic carbocycles. The number of aromatic carboxylic acids is 1. The zero-order valence-corrected chi connectivity index (χ0v) is 8.78. The molecule has 1 fully saturated rings. The van der Waals surface area contributed by atoms with Crippen molar-refractivity contribution >= 4 is 5.97 Å². The molecular formula is C12H13FO3. The molecule has 16 heavy (non-hydrogen) atoms. The van der Waals surface area contributed by atoms with E-state index >= 15 is 0 Å². The molecule has 0 atom stereocenters. The van der Waals surface area contributed by atoms with Crippen LogP contribution in [-0.4, -0.2) is 17.2 Å². The van der Waals surface area contributed by atoms with Gasteiger partial charge >= 0.3 is 5.97 Å². The predicted molar refractivity (Wildman–Crippen MR) is 56.2 cm³/mol. The highest BCUT2D eigenvalue weighted by atomic mass is 19.1. The van der Waals surface area contributed by atoms with Crippen LogP contribution in [0.5, 0.6) is 5.75 Å². The fraction of sp³-hybridized carbons (Fsp3) is 0.417. The molecule has 1 saturated carbocycles. The molecule has 1 aliphatic rings. The quantitative estimate of drug-likeness (QED) is 0.858. The first-order valence-electron chi connectivity index (χ1n) is 5.36. The van der Waals surface area contributed by atoms with Crippen molar-refractivity contribution in [2.75, 3.05) is 0 Å². The number of carboxylic acid groups (broad SMARTS) is 1. The lowest BCUT2D eigenvalue weighted by Gasteiger charge is -2.13. The van der Waals surface area contributed by atoms with Gasteiger partial charge in [0.05, 0.1) is 11.7 Å². The summed E-state index contributed by atoms with van der Waals surface area (Å²) >= 11 is 0. The average Bonchev–Trinajstić information content (AvgIpc) is 2.73. The number of halogens is 1. The van der Waals surface area contributed by atoms with Gasteiger partial charge in [0.1, 0.15) is 0 Å². The first-order chi connectivity index (χ1) is 7.66. The first kappa shape index (κ1) is 10.9. The van der Waals surface area contributed by atoms with Crippen molar-refractivity contribution in [1.82, 2.24) is 0 Å². The van der Waals surface area contributed by atoms with Crippen molar-refractivity contribution < 1.29 is 19.0 Å². The Bertz CT molecular complexity index is 397. The van der Waals surface area contributed by atoms with Crippen molar-refractivity contribution in [1.29, 1.82) is 0 Å². The monoisotopic (exact) mass is 224 g/mol. The summed E-state index contributed by atoms with van der Waals surface area (Å²) in [7, 11) is 0. The van der Waals surface area contributed by atoms with Crippen LogP contribution in [0.3, 0.4) is 0 Å². The molecule has 0 bridgehead atoms. The molecule has 0 heterocycles. The number of carbonyl (C=O) groups is 1. The van der Waals surface area contributed by atoms with Crippen LogP contribution in [0, 0.1) is 5.82 Å². The van der Waals surface area contributed by atoms with E-state index in [1.165, 1.54) is 12.1 Å². The Balaban J connectivity index is 2.17. The molecule has 0 spiro atoms. The number of hydrogen-bond donors (Lipinski definition) is 1. The van der Waals surface area contributed by atoms with Crippen molar-refractivity contribution in [2.24, 2.45) is 0 Å². The van der Waals surface area contributed by atoms with E-state index in [1.54, 1.807) is 0 Å². The molecule has 0 aliphatic heterocycles. The zero-order valence-electron chi connectivity index (χ0n) is 8.78. The highest BCUT2D eigenvalue weighted by Crippen LogP contribution is 2.26. The minimum absolute atomic E-state index is 0.0264. The zero-order chi connectivity index (χ0) is 11.5. The second-order valence-electron chi connectivity index (χ2n) is 3.97. The molecule has 1 N–H and O–H groups in total. The van der Waals surface area contributed by atoms with E-state index < -0.39 is 11.8 Å². The van der Waals surface area contributed by atoms with Gasteiger partial charge in [0.2, 0.25) is 0 Å². The Morgan fingerprint density at radius 2 is 2.06 bits per heavy atom. The van der Waals surface area contributed by atoms with E-state index in [1.807, 2.05) is 0 Å². The highest BCUT2D eigenvalue weighted by molar-refractivity contribution is 5.88. The topological polar surface area (TPSA) is 46.5 Å². The molecule has 0 radical (unpaired) electrons. The summed E-state index contributed by atoms with van der Waals surface area (Å²) in [6.45, 7) is 0. The lowest BCUT2D eigenvalue weighted by molar-refractivity contribution is 0.0696. The van der Waals surface area contributed by atoms with Crippen LogP contribution >= 0.6 is 0 Å². The molecule has 0 amide bonds. The second kappa shape index (κ2) is 4.51. The summed E-state index contributed by atoms with van der Waals surface area (Å²) in [5.41, 5.74) is 0.0504. The number of rotatable bonds is 3. The molecule has 1 aliphatic carbocycles. The van der Waals surface area contributed by atoms with E-state index in [0.29, 0.717) is 0 Å². The summed E-state index contributed by atoms with van der Waals surface area (Å²) in [6.07, 6.45) is 4.03. The maximum Gasteiger partial charge on any atom is 0.335 e. The minimum Gasteiger partial charge on any atom is -0.487 e. The second-order valence-corrected chi connectivity index (χ2v) is 3.97.